The fraction of sp³-hybridized carbons (Fsp3) is 0.378. The summed E-state index contributed by atoms with van der Waals surface area (Å²) in [5.41, 5.74) is 5.64. The molecule has 246 valence electrons. The molecule has 0 spiro atoms. The van der Waals surface area contributed by atoms with Gasteiger partial charge in [-0.1, -0.05) is 51.1 Å². The third-order valence-corrected chi connectivity index (χ3v) is 6.22. The Hall–Kier alpha value is -4.24. The molecule has 1 aromatic heterocycles. The minimum atomic E-state index is -0.571. The summed E-state index contributed by atoms with van der Waals surface area (Å²) in [6, 6.07) is 19.2. The molecule has 0 bridgehead atoms. The summed E-state index contributed by atoms with van der Waals surface area (Å²) >= 11 is 4.12. The molecule has 3 aromatic carbocycles. The van der Waals surface area contributed by atoms with Crippen molar-refractivity contribution in [1.82, 2.24) is 5.32 Å². The Morgan fingerprint density at radius 3 is 2.33 bits per heavy atom. The van der Waals surface area contributed by atoms with E-state index in [1.165, 1.54) is 0 Å². The van der Waals surface area contributed by atoms with Gasteiger partial charge in [0.1, 0.15) is 23.5 Å². The Kier molecular flexibility index (Phi) is 12.5. The number of rotatable bonds is 10. The minimum absolute atomic E-state index is 0.0800. The largest absolute Gasteiger partial charge is 0.489 e. The third kappa shape index (κ3) is 11.9. The summed E-state index contributed by atoms with van der Waals surface area (Å²) in [6.45, 7) is 16.0. The SMILES string of the molecule is CC(C)(C)S.CCOC(=O)Cc1ccc(C(C)=N)cc1OCc1cc(-c2cccc(CNC(=O)OC(C)(C)C)c2)c2occc2c1. The number of hydrogen-bond donors (Lipinski definition) is 3. The number of benzene rings is 3. The minimum Gasteiger partial charge on any atom is -0.489 e. The number of nitrogens with one attached hydrogen (secondary N) is 2. The van der Waals surface area contributed by atoms with Gasteiger partial charge >= 0.3 is 12.1 Å². The van der Waals surface area contributed by atoms with E-state index in [1.54, 1.807) is 32.2 Å². The number of alkyl carbamates (subject to hydrolysis) is 1. The first-order valence-electron chi connectivity index (χ1n) is 15.3. The van der Waals surface area contributed by atoms with Crippen molar-refractivity contribution in [3.8, 4) is 16.9 Å². The monoisotopic (exact) mass is 646 g/mol. The van der Waals surface area contributed by atoms with Gasteiger partial charge in [0.05, 0.1) is 19.3 Å². The van der Waals surface area contributed by atoms with Gasteiger partial charge in [0, 0.05) is 33.5 Å². The van der Waals surface area contributed by atoms with E-state index in [4.69, 9.17) is 24.0 Å². The van der Waals surface area contributed by atoms with E-state index < -0.39 is 11.7 Å². The second kappa shape index (κ2) is 15.9. The first kappa shape index (κ1) is 36.2. The lowest BCUT2D eigenvalue weighted by Gasteiger charge is -2.19. The fourth-order valence-electron chi connectivity index (χ4n) is 4.38. The second-order valence-corrected chi connectivity index (χ2v) is 14.3. The molecule has 46 heavy (non-hydrogen) atoms. The molecule has 0 saturated heterocycles. The lowest BCUT2D eigenvalue weighted by atomic mass is 9.99. The van der Waals surface area contributed by atoms with Crippen LogP contribution in [0.15, 0.2) is 71.3 Å². The normalized spacial score (nSPS) is 11.3. The maximum Gasteiger partial charge on any atom is 0.407 e. The standard InChI is InChI=1S/C33H36N2O6.C4H10S/c1-6-38-30(36)18-26-11-10-24(21(2)34)17-29(26)40-20-23-15-27-12-13-39-31(27)28(16-23)25-9-7-8-22(14-25)19-35-32(37)41-33(3,4)5;1-4(2,3)5/h7-17,34H,6,18-20H2,1-5H3,(H,35,37);5H,1-3H3. The maximum atomic E-state index is 12.2. The van der Waals surface area contributed by atoms with Crippen LogP contribution in [0.2, 0.25) is 0 Å². The van der Waals surface area contributed by atoms with Crippen molar-refractivity contribution < 1.29 is 28.2 Å². The number of hydrogen-bond acceptors (Lipinski definition) is 8. The zero-order chi connectivity index (χ0) is 34.1. The molecule has 0 unspecified atom stereocenters. The highest BCUT2D eigenvalue weighted by Gasteiger charge is 2.17. The van der Waals surface area contributed by atoms with Crippen LogP contribution in [0.1, 0.15) is 77.6 Å². The Bertz CT molecular complexity index is 1660. The predicted octanol–water partition coefficient (Wildman–Crippen LogP) is 8.91. The van der Waals surface area contributed by atoms with E-state index >= 15 is 0 Å². The van der Waals surface area contributed by atoms with Gasteiger partial charge < -0.3 is 29.4 Å². The van der Waals surface area contributed by atoms with Gasteiger partial charge in [0.25, 0.3) is 0 Å². The lowest BCUT2D eigenvalue weighted by Crippen LogP contribution is -2.32. The number of furan rings is 1. The molecule has 1 heterocycles. The molecule has 0 aliphatic heterocycles. The van der Waals surface area contributed by atoms with Gasteiger partial charge in [0.15, 0.2) is 0 Å². The summed E-state index contributed by atoms with van der Waals surface area (Å²) in [4.78, 5) is 24.3. The van der Waals surface area contributed by atoms with Gasteiger partial charge in [-0.05, 0) is 87.2 Å². The van der Waals surface area contributed by atoms with Crippen LogP contribution in [-0.4, -0.2) is 34.7 Å². The molecule has 9 heteroatoms. The van der Waals surface area contributed by atoms with E-state index in [-0.39, 0.29) is 23.7 Å². The van der Waals surface area contributed by atoms with E-state index in [1.807, 2.05) is 69.3 Å². The zero-order valence-corrected chi connectivity index (χ0v) is 29.0. The van der Waals surface area contributed by atoms with Crippen LogP contribution in [0.25, 0.3) is 22.1 Å². The Morgan fingerprint density at radius 2 is 1.67 bits per heavy atom. The highest BCUT2D eigenvalue weighted by Crippen LogP contribution is 2.32. The number of esters is 1. The van der Waals surface area contributed by atoms with Gasteiger partial charge in [0.2, 0.25) is 0 Å². The summed E-state index contributed by atoms with van der Waals surface area (Å²) in [7, 11) is 0. The fourth-order valence-corrected chi connectivity index (χ4v) is 4.38. The molecule has 4 rings (SSSR count). The van der Waals surface area contributed by atoms with Crippen LogP contribution in [0.5, 0.6) is 5.75 Å². The number of carbonyl (C=O) groups is 2. The molecule has 1 amide bonds. The van der Waals surface area contributed by atoms with Crippen molar-refractivity contribution >= 4 is 41.4 Å². The number of fused-ring (bicyclic) bond motifs is 1. The Labute approximate surface area is 277 Å². The van der Waals surface area contributed by atoms with Gasteiger partial charge in [-0.25, -0.2) is 4.79 Å². The summed E-state index contributed by atoms with van der Waals surface area (Å²) in [5.74, 6) is 0.200. The summed E-state index contributed by atoms with van der Waals surface area (Å²) in [5, 5.41) is 11.8. The maximum absolute atomic E-state index is 12.2. The van der Waals surface area contributed by atoms with Crippen molar-refractivity contribution in [2.45, 2.75) is 85.3 Å². The van der Waals surface area contributed by atoms with Crippen LogP contribution < -0.4 is 10.1 Å². The molecular formula is C37H46N2O6S. The average Bonchev–Trinajstić information content (AvgIpc) is 3.42. The number of carbonyl (C=O) groups excluding carboxylic acids is 2. The molecule has 4 aromatic rings. The molecule has 2 N–H and O–H groups in total. The second-order valence-electron chi connectivity index (χ2n) is 12.9. The van der Waals surface area contributed by atoms with Gasteiger partial charge in [-0.3, -0.25) is 4.79 Å². The Morgan fingerprint density at radius 1 is 0.957 bits per heavy atom. The molecular weight excluding hydrogens is 600 g/mol. The highest BCUT2D eigenvalue weighted by molar-refractivity contribution is 7.81. The van der Waals surface area contributed by atoms with Crippen LogP contribution in [0.4, 0.5) is 4.79 Å². The molecule has 0 atom stereocenters. The lowest BCUT2D eigenvalue weighted by molar-refractivity contribution is -0.142. The van der Waals surface area contributed by atoms with Crippen molar-refractivity contribution in [2.24, 2.45) is 0 Å². The average molecular weight is 647 g/mol. The predicted molar refractivity (Wildman–Crippen MR) is 187 cm³/mol. The van der Waals surface area contributed by atoms with Crippen LogP contribution in [-0.2, 0) is 33.8 Å². The first-order chi connectivity index (χ1) is 21.5. The van der Waals surface area contributed by atoms with E-state index in [9.17, 15) is 9.59 Å². The smallest absolute Gasteiger partial charge is 0.407 e. The van der Waals surface area contributed by atoms with Crippen molar-refractivity contribution in [3.05, 3.63) is 89.2 Å². The van der Waals surface area contributed by atoms with E-state index in [2.05, 4.69) is 38.7 Å². The third-order valence-electron chi connectivity index (χ3n) is 6.22. The van der Waals surface area contributed by atoms with Crippen molar-refractivity contribution in [1.29, 1.82) is 5.41 Å². The molecule has 0 aliphatic carbocycles. The molecule has 0 saturated carbocycles. The number of ether oxygens (including phenoxy) is 3. The first-order valence-corrected chi connectivity index (χ1v) is 15.7. The highest BCUT2D eigenvalue weighted by atomic mass is 32.1. The Balaban J connectivity index is 0.00000107. The van der Waals surface area contributed by atoms with E-state index in [0.717, 1.165) is 38.8 Å². The van der Waals surface area contributed by atoms with Crippen molar-refractivity contribution in [3.63, 3.8) is 0 Å². The molecule has 0 radical (unpaired) electrons. The number of amides is 1. The van der Waals surface area contributed by atoms with E-state index in [0.29, 0.717) is 30.2 Å². The van der Waals surface area contributed by atoms with Crippen LogP contribution in [0, 0.1) is 5.41 Å². The molecule has 0 aliphatic rings. The van der Waals surface area contributed by atoms with Crippen LogP contribution >= 0.6 is 12.6 Å². The number of thiol groups is 1. The van der Waals surface area contributed by atoms with Gasteiger partial charge in [-0.2, -0.15) is 12.6 Å². The molecule has 8 nitrogen and oxygen atoms in total. The topological polar surface area (TPSA) is 111 Å². The zero-order valence-electron chi connectivity index (χ0n) is 28.1. The summed E-state index contributed by atoms with van der Waals surface area (Å²) in [6.07, 6.45) is 1.26. The van der Waals surface area contributed by atoms with Gasteiger partial charge in [-0.15, -0.1) is 0 Å². The van der Waals surface area contributed by atoms with Crippen LogP contribution in [0.3, 0.4) is 0 Å². The summed E-state index contributed by atoms with van der Waals surface area (Å²) < 4.78 is 22.7. The van der Waals surface area contributed by atoms with Crippen molar-refractivity contribution in [2.75, 3.05) is 6.61 Å². The quantitative estimate of drug-likeness (QED) is 0.0902. The molecule has 0 fully saturated rings.